The summed E-state index contributed by atoms with van der Waals surface area (Å²) in [5.41, 5.74) is 1.60. The smallest absolute Gasteiger partial charge is 0.337 e. The van der Waals surface area contributed by atoms with E-state index in [2.05, 4.69) is 22.3 Å². The summed E-state index contributed by atoms with van der Waals surface area (Å²) in [5.74, 6) is -1.06. The average molecular weight is 354 g/mol. The van der Waals surface area contributed by atoms with Gasteiger partial charge in [0.05, 0.1) is 12.7 Å². The number of amides is 2. The Balaban J connectivity index is 2.09. The molecule has 6 heteroatoms. The van der Waals surface area contributed by atoms with Crippen LogP contribution in [0, 0.1) is 0 Å². The molecule has 0 bridgehead atoms. The standard InChI is InChI=1S/C20H22N2O4/c1-3-4-11-21-18(23)15-8-6-10-17(13-15)22-19(24)14-7-5-9-16(12-14)20(25)26-2/h5-10,12-13H,3-4,11H2,1-2H3,(H,21,23)(H,22,24). The molecule has 0 saturated heterocycles. The number of methoxy groups -OCH3 is 1. The molecule has 0 aliphatic heterocycles. The number of nitrogens with one attached hydrogen (secondary N) is 2. The predicted octanol–water partition coefficient (Wildman–Crippen LogP) is 3.26. The van der Waals surface area contributed by atoms with Gasteiger partial charge < -0.3 is 15.4 Å². The van der Waals surface area contributed by atoms with Crippen molar-refractivity contribution in [2.75, 3.05) is 19.0 Å². The highest BCUT2D eigenvalue weighted by Crippen LogP contribution is 2.14. The predicted molar refractivity (Wildman–Crippen MR) is 99.4 cm³/mol. The average Bonchev–Trinajstić information content (AvgIpc) is 2.67. The van der Waals surface area contributed by atoms with Crippen molar-refractivity contribution in [3.63, 3.8) is 0 Å². The van der Waals surface area contributed by atoms with Crippen LogP contribution in [-0.4, -0.2) is 31.4 Å². The van der Waals surface area contributed by atoms with Crippen LogP contribution < -0.4 is 10.6 Å². The van der Waals surface area contributed by atoms with Crippen molar-refractivity contribution in [1.29, 1.82) is 0 Å². The normalized spacial score (nSPS) is 10.1. The first-order chi connectivity index (χ1) is 12.5. The van der Waals surface area contributed by atoms with Crippen molar-refractivity contribution in [3.8, 4) is 0 Å². The molecular formula is C20H22N2O4. The van der Waals surface area contributed by atoms with Crippen LogP contribution in [0.25, 0.3) is 0 Å². The third kappa shape index (κ3) is 5.17. The van der Waals surface area contributed by atoms with Crippen LogP contribution in [0.1, 0.15) is 50.8 Å². The zero-order chi connectivity index (χ0) is 18.9. The maximum atomic E-state index is 12.4. The molecule has 0 radical (unpaired) electrons. The Hall–Kier alpha value is -3.15. The van der Waals surface area contributed by atoms with Crippen molar-refractivity contribution in [3.05, 3.63) is 65.2 Å². The first-order valence-electron chi connectivity index (χ1n) is 8.43. The van der Waals surface area contributed by atoms with E-state index in [-0.39, 0.29) is 11.8 Å². The summed E-state index contributed by atoms with van der Waals surface area (Å²) in [7, 11) is 1.28. The van der Waals surface area contributed by atoms with E-state index >= 15 is 0 Å². The number of unbranched alkanes of at least 4 members (excludes halogenated alkanes) is 1. The molecule has 0 spiro atoms. The lowest BCUT2D eigenvalue weighted by Gasteiger charge is -2.09. The van der Waals surface area contributed by atoms with Gasteiger partial charge in [-0.25, -0.2) is 4.79 Å². The van der Waals surface area contributed by atoms with Gasteiger partial charge >= 0.3 is 5.97 Å². The molecular weight excluding hydrogens is 332 g/mol. The summed E-state index contributed by atoms with van der Waals surface area (Å²) in [6.07, 6.45) is 1.92. The number of rotatable bonds is 7. The van der Waals surface area contributed by atoms with E-state index in [0.717, 1.165) is 12.8 Å². The summed E-state index contributed by atoms with van der Waals surface area (Å²) in [4.78, 5) is 36.1. The number of carbonyl (C=O) groups excluding carboxylic acids is 3. The van der Waals surface area contributed by atoms with Gasteiger partial charge in [-0.15, -0.1) is 0 Å². The van der Waals surface area contributed by atoms with E-state index in [4.69, 9.17) is 0 Å². The molecule has 0 atom stereocenters. The molecule has 2 aromatic rings. The lowest BCUT2D eigenvalue weighted by Crippen LogP contribution is -2.24. The molecule has 0 heterocycles. The molecule has 26 heavy (non-hydrogen) atoms. The lowest BCUT2D eigenvalue weighted by molar-refractivity contribution is 0.0600. The van der Waals surface area contributed by atoms with E-state index in [1.165, 1.54) is 13.2 Å². The molecule has 0 unspecified atom stereocenters. The van der Waals surface area contributed by atoms with E-state index in [9.17, 15) is 14.4 Å². The van der Waals surface area contributed by atoms with Gasteiger partial charge in [0.15, 0.2) is 0 Å². The number of anilines is 1. The molecule has 0 aliphatic carbocycles. The van der Waals surface area contributed by atoms with E-state index in [1.807, 2.05) is 0 Å². The Bertz CT molecular complexity index is 802. The van der Waals surface area contributed by atoms with Crippen molar-refractivity contribution in [1.82, 2.24) is 5.32 Å². The second kappa shape index (κ2) is 9.36. The minimum Gasteiger partial charge on any atom is -0.465 e. The van der Waals surface area contributed by atoms with Gasteiger partial charge in [-0.05, 0) is 42.8 Å². The second-order valence-electron chi connectivity index (χ2n) is 5.72. The fourth-order valence-corrected chi connectivity index (χ4v) is 2.33. The van der Waals surface area contributed by atoms with E-state index < -0.39 is 5.97 Å². The fourth-order valence-electron chi connectivity index (χ4n) is 2.33. The van der Waals surface area contributed by atoms with Gasteiger partial charge in [-0.3, -0.25) is 9.59 Å². The number of carbonyl (C=O) groups is 3. The summed E-state index contributed by atoms with van der Waals surface area (Å²) < 4.78 is 4.66. The van der Waals surface area contributed by atoms with Crippen molar-refractivity contribution >= 4 is 23.5 Å². The summed E-state index contributed by atoms with van der Waals surface area (Å²) in [6.45, 7) is 2.67. The summed E-state index contributed by atoms with van der Waals surface area (Å²) in [6, 6.07) is 13.0. The Kier molecular flexibility index (Phi) is 6.91. The SMILES string of the molecule is CCCCNC(=O)c1cccc(NC(=O)c2cccc(C(=O)OC)c2)c1. The van der Waals surface area contributed by atoms with Crippen LogP contribution in [0.3, 0.4) is 0 Å². The van der Waals surface area contributed by atoms with E-state index in [0.29, 0.717) is 28.9 Å². The molecule has 0 aromatic heterocycles. The molecule has 136 valence electrons. The van der Waals surface area contributed by atoms with Crippen molar-refractivity contribution < 1.29 is 19.1 Å². The van der Waals surface area contributed by atoms with Crippen LogP contribution in [0.4, 0.5) is 5.69 Å². The Labute approximate surface area is 152 Å². The molecule has 2 rings (SSSR count). The van der Waals surface area contributed by atoms with Crippen molar-refractivity contribution in [2.24, 2.45) is 0 Å². The zero-order valence-corrected chi connectivity index (χ0v) is 14.9. The number of benzene rings is 2. The van der Waals surface area contributed by atoms with Crippen LogP contribution >= 0.6 is 0 Å². The number of esters is 1. The van der Waals surface area contributed by atoms with Crippen LogP contribution in [-0.2, 0) is 4.74 Å². The number of hydrogen-bond donors (Lipinski definition) is 2. The second-order valence-corrected chi connectivity index (χ2v) is 5.72. The highest BCUT2D eigenvalue weighted by molar-refractivity contribution is 6.06. The lowest BCUT2D eigenvalue weighted by atomic mass is 10.1. The quantitative estimate of drug-likeness (QED) is 0.590. The molecule has 2 amide bonds. The molecule has 2 aromatic carbocycles. The van der Waals surface area contributed by atoms with Crippen molar-refractivity contribution in [2.45, 2.75) is 19.8 Å². The maximum Gasteiger partial charge on any atom is 0.337 e. The highest BCUT2D eigenvalue weighted by atomic mass is 16.5. The monoisotopic (exact) mass is 354 g/mol. The summed E-state index contributed by atoms with van der Waals surface area (Å²) in [5, 5.41) is 5.57. The van der Waals surface area contributed by atoms with Gasteiger partial charge in [-0.2, -0.15) is 0 Å². The molecule has 0 fully saturated rings. The Morgan fingerprint density at radius 1 is 0.923 bits per heavy atom. The van der Waals surface area contributed by atoms with Crippen LogP contribution in [0.15, 0.2) is 48.5 Å². The third-order valence-electron chi connectivity index (χ3n) is 3.74. The Morgan fingerprint density at radius 3 is 2.27 bits per heavy atom. The van der Waals surface area contributed by atoms with Crippen LogP contribution in [0.5, 0.6) is 0 Å². The first kappa shape index (κ1) is 19.2. The number of hydrogen-bond acceptors (Lipinski definition) is 4. The van der Waals surface area contributed by atoms with Gasteiger partial charge in [0.25, 0.3) is 11.8 Å². The van der Waals surface area contributed by atoms with Gasteiger partial charge in [0.2, 0.25) is 0 Å². The molecule has 6 nitrogen and oxygen atoms in total. The molecule has 0 aliphatic rings. The fraction of sp³-hybridized carbons (Fsp3) is 0.250. The minimum atomic E-state index is -0.509. The Morgan fingerprint density at radius 2 is 1.58 bits per heavy atom. The van der Waals surface area contributed by atoms with E-state index in [1.54, 1.807) is 42.5 Å². The van der Waals surface area contributed by atoms with Gasteiger partial charge in [-0.1, -0.05) is 25.5 Å². The van der Waals surface area contributed by atoms with Gasteiger partial charge in [0, 0.05) is 23.4 Å². The molecule has 2 N–H and O–H groups in total. The number of ether oxygens (including phenoxy) is 1. The largest absolute Gasteiger partial charge is 0.465 e. The first-order valence-corrected chi connectivity index (χ1v) is 8.43. The third-order valence-corrected chi connectivity index (χ3v) is 3.74. The molecule has 0 saturated carbocycles. The van der Waals surface area contributed by atoms with Gasteiger partial charge in [0.1, 0.15) is 0 Å². The maximum absolute atomic E-state index is 12.4. The van der Waals surface area contributed by atoms with Crippen LogP contribution in [0.2, 0.25) is 0 Å². The minimum absolute atomic E-state index is 0.178. The summed E-state index contributed by atoms with van der Waals surface area (Å²) >= 11 is 0. The zero-order valence-electron chi connectivity index (χ0n) is 14.9. The topological polar surface area (TPSA) is 84.5 Å². The highest BCUT2D eigenvalue weighted by Gasteiger charge is 2.12.